The van der Waals surface area contributed by atoms with Crippen LogP contribution < -0.4 is 10.5 Å². The second-order valence-electron chi connectivity index (χ2n) is 5.61. The standard InChI is InChI=1S/C18H24N2O/c1-14-4-6-15(7-5-14)18(19)16-8-10-17(11-9-16)21-13-12-20(2)3/h4-11,18H,12-13,19H2,1-3H3. The van der Waals surface area contributed by atoms with Gasteiger partial charge in [0.1, 0.15) is 12.4 Å². The Morgan fingerprint density at radius 2 is 1.48 bits per heavy atom. The second-order valence-corrected chi connectivity index (χ2v) is 5.61. The summed E-state index contributed by atoms with van der Waals surface area (Å²) in [4.78, 5) is 2.10. The molecule has 0 amide bonds. The average Bonchev–Trinajstić information content (AvgIpc) is 2.48. The molecule has 21 heavy (non-hydrogen) atoms. The lowest BCUT2D eigenvalue weighted by Crippen LogP contribution is -2.19. The van der Waals surface area contributed by atoms with Crippen molar-refractivity contribution in [3.05, 3.63) is 65.2 Å². The molecule has 2 rings (SSSR count). The SMILES string of the molecule is Cc1ccc(C(N)c2ccc(OCCN(C)C)cc2)cc1. The minimum atomic E-state index is -0.0959. The molecule has 2 aromatic carbocycles. The lowest BCUT2D eigenvalue weighted by molar-refractivity contribution is 0.261. The molecule has 0 spiro atoms. The number of nitrogens with zero attached hydrogens (tertiary/aromatic N) is 1. The third-order valence-electron chi connectivity index (χ3n) is 3.48. The van der Waals surface area contributed by atoms with Gasteiger partial charge in [0.15, 0.2) is 0 Å². The van der Waals surface area contributed by atoms with Crippen LogP contribution in [0.5, 0.6) is 5.75 Å². The molecule has 2 N–H and O–H groups in total. The van der Waals surface area contributed by atoms with Crippen molar-refractivity contribution in [1.29, 1.82) is 0 Å². The molecule has 0 aliphatic carbocycles. The summed E-state index contributed by atoms with van der Waals surface area (Å²) in [7, 11) is 4.07. The van der Waals surface area contributed by atoms with Crippen molar-refractivity contribution in [2.75, 3.05) is 27.2 Å². The minimum Gasteiger partial charge on any atom is -0.492 e. The number of aryl methyl sites for hydroxylation is 1. The molecule has 0 radical (unpaired) electrons. The molecule has 0 fully saturated rings. The van der Waals surface area contributed by atoms with E-state index in [1.54, 1.807) is 0 Å². The van der Waals surface area contributed by atoms with Crippen LogP contribution >= 0.6 is 0 Å². The van der Waals surface area contributed by atoms with Gasteiger partial charge in [0.05, 0.1) is 6.04 Å². The maximum absolute atomic E-state index is 6.31. The number of benzene rings is 2. The van der Waals surface area contributed by atoms with E-state index in [1.807, 2.05) is 38.4 Å². The van der Waals surface area contributed by atoms with Gasteiger partial charge in [-0.2, -0.15) is 0 Å². The maximum atomic E-state index is 6.31. The van der Waals surface area contributed by atoms with E-state index in [0.717, 1.165) is 23.4 Å². The van der Waals surface area contributed by atoms with Gasteiger partial charge >= 0.3 is 0 Å². The molecule has 3 heteroatoms. The third kappa shape index (κ3) is 4.59. The highest BCUT2D eigenvalue weighted by Gasteiger charge is 2.08. The van der Waals surface area contributed by atoms with Gasteiger partial charge in [-0.3, -0.25) is 0 Å². The molecule has 3 nitrogen and oxygen atoms in total. The maximum Gasteiger partial charge on any atom is 0.119 e. The highest BCUT2D eigenvalue weighted by Crippen LogP contribution is 2.22. The molecule has 0 heterocycles. The molecular weight excluding hydrogens is 260 g/mol. The van der Waals surface area contributed by atoms with Gasteiger partial charge in [-0.25, -0.2) is 0 Å². The minimum absolute atomic E-state index is 0.0959. The lowest BCUT2D eigenvalue weighted by atomic mass is 9.99. The quantitative estimate of drug-likeness (QED) is 0.886. The van der Waals surface area contributed by atoms with Crippen molar-refractivity contribution in [1.82, 2.24) is 4.90 Å². The highest BCUT2D eigenvalue weighted by atomic mass is 16.5. The van der Waals surface area contributed by atoms with E-state index in [9.17, 15) is 0 Å². The van der Waals surface area contributed by atoms with Crippen molar-refractivity contribution in [3.8, 4) is 5.75 Å². The zero-order valence-electron chi connectivity index (χ0n) is 13.0. The molecule has 0 saturated heterocycles. The van der Waals surface area contributed by atoms with Crippen LogP contribution in [0.3, 0.4) is 0 Å². The van der Waals surface area contributed by atoms with E-state index in [-0.39, 0.29) is 6.04 Å². The van der Waals surface area contributed by atoms with E-state index in [4.69, 9.17) is 10.5 Å². The Morgan fingerprint density at radius 3 is 2.00 bits per heavy atom. The van der Waals surface area contributed by atoms with Crippen LogP contribution in [0.25, 0.3) is 0 Å². The van der Waals surface area contributed by atoms with Crippen LogP contribution in [0.1, 0.15) is 22.7 Å². The highest BCUT2D eigenvalue weighted by molar-refractivity contribution is 5.36. The molecule has 112 valence electrons. The van der Waals surface area contributed by atoms with Gasteiger partial charge in [0.2, 0.25) is 0 Å². The van der Waals surface area contributed by atoms with Crippen LogP contribution in [-0.4, -0.2) is 32.1 Å². The van der Waals surface area contributed by atoms with Crippen LogP contribution in [0, 0.1) is 6.92 Å². The fourth-order valence-corrected chi connectivity index (χ4v) is 2.08. The van der Waals surface area contributed by atoms with Gasteiger partial charge in [-0.1, -0.05) is 42.0 Å². The smallest absolute Gasteiger partial charge is 0.119 e. The Labute approximate surface area is 127 Å². The first-order valence-electron chi connectivity index (χ1n) is 7.26. The summed E-state index contributed by atoms with van der Waals surface area (Å²) in [5.74, 6) is 0.886. The van der Waals surface area contributed by atoms with Crippen LogP contribution in [0.4, 0.5) is 0 Å². The van der Waals surface area contributed by atoms with Crippen molar-refractivity contribution in [2.45, 2.75) is 13.0 Å². The fraction of sp³-hybridized carbons (Fsp3) is 0.333. The van der Waals surface area contributed by atoms with Crippen molar-refractivity contribution in [2.24, 2.45) is 5.73 Å². The molecule has 0 aliphatic heterocycles. The monoisotopic (exact) mass is 284 g/mol. The average molecular weight is 284 g/mol. The molecule has 0 bridgehead atoms. The lowest BCUT2D eigenvalue weighted by Gasteiger charge is -2.14. The summed E-state index contributed by atoms with van der Waals surface area (Å²) >= 11 is 0. The summed E-state index contributed by atoms with van der Waals surface area (Å²) in [5.41, 5.74) is 9.78. The summed E-state index contributed by atoms with van der Waals surface area (Å²) in [6.45, 7) is 3.68. The van der Waals surface area contributed by atoms with Gasteiger partial charge in [-0.05, 0) is 44.3 Å². The van der Waals surface area contributed by atoms with Gasteiger partial charge in [0, 0.05) is 6.54 Å². The zero-order valence-corrected chi connectivity index (χ0v) is 13.0. The van der Waals surface area contributed by atoms with Crippen LogP contribution in [0.2, 0.25) is 0 Å². The van der Waals surface area contributed by atoms with E-state index < -0.39 is 0 Å². The van der Waals surface area contributed by atoms with E-state index in [0.29, 0.717) is 6.61 Å². The second kappa shape index (κ2) is 7.25. The Balaban J connectivity index is 1.99. The molecule has 0 aliphatic rings. The summed E-state index contributed by atoms with van der Waals surface area (Å²) < 4.78 is 5.69. The Bertz CT molecular complexity index is 546. The van der Waals surface area contributed by atoms with E-state index in [1.165, 1.54) is 5.56 Å². The normalized spacial score (nSPS) is 12.4. The molecule has 1 unspecified atom stereocenters. The Morgan fingerprint density at radius 1 is 0.952 bits per heavy atom. The number of likely N-dealkylation sites (N-methyl/N-ethyl adjacent to an activating group) is 1. The first kappa shape index (κ1) is 15.5. The Hall–Kier alpha value is -1.84. The molecular formula is C18H24N2O. The largest absolute Gasteiger partial charge is 0.492 e. The zero-order chi connectivity index (χ0) is 15.2. The summed E-state index contributed by atoms with van der Waals surface area (Å²) in [5, 5.41) is 0. The summed E-state index contributed by atoms with van der Waals surface area (Å²) in [6, 6.07) is 16.3. The van der Waals surface area contributed by atoms with E-state index in [2.05, 4.69) is 36.1 Å². The van der Waals surface area contributed by atoms with Gasteiger partial charge in [-0.15, -0.1) is 0 Å². The predicted molar refractivity (Wildman–Crippen MR) is 87.7 cm³/mol. The first-order chi connectivity index (χ1) is 10.1. The first-order valence-corrected chi connectivity index (χ1v) is 7.26. The van der Waals surface area contributed by atoms with Crippen molar-refractivity contribution < 1.29 is 4.74 Å². The molecule has 0 aromatic heterocycles. The number of nitrogens with two attached hydrogens (primary N) is 1. The number of ether oxygens (including phenoxy) is 1. The fourth-order valence-electron chi connectivity index (χ4n) is 2.08. The Kier molecular flexibility index (Phi) is 5.37. The molecule has 2 aromatic rings. The van der Waals surface area contributed by atoms with Gasteiger partial charge < -0.3 is 15.4 Å². The summed E-state index contributed by atoms with van der Waals surface area (Å²) in [6.07, 6.45) is 0. The number of hydrogen-bond donors (Lipinski definition) is 1. The third-order valence-corrected chi connectivity index (χ3v) is 3.48. The molecule has 1 atom stereocenters. The predicted octanol–water partition coefficient (Wildman–Crippen LogP) is 2.98. The van der Waals surface area contributed by atoms with Crippen molar-refractivity contribution in [3.63, 3.8) is 0 Å². The number of hydrogen-bond acceptors (Lipinski definition) is 3. The topological polar surface area (TPSA) is 38.5 Å². The number of rotatable bonds is 6. The van der Waals surface area contributed by atoms with Gasteiger partial charge in [0.25, 0.3) is 0 Å². The molecule has 0 saturated carbocycles. The van der Waals surface area contributed by atoms with Crippen molar-refractivity contribution >= 4 is 0 Å². The van der Waals surface area contributed by atoms with Crippen LogP contribution in [-0.2, 0) is 0 Å². The van der Waals surface area contributed by atoms with Crippen LogP contribution in [0.15, 0.2) is 48.5 Å². The van der Waals surface area contributed by atoms with E-state index >= 15 is 0 Å².